The summed E-state index contributed by atoms with van der Waals surface area (Å²) in [6, 6.07) is 19.3. The minimum Gasteiger partial charge on any atom is -0.481 e. The van der Waals surface area contributed by atoms with E-state index in [0.29, 0.717) is 27.0 Å². The van der Waals surface area contributed by atoms with Crippen molar-refractivity contribution < 1.29 is 19.5 Å². The summed E-state index contributed by atoms with van der Waals surface area (Å²) in [7, 11) is 0. The summed E-state index contributed by atoms with van der Waals surface area (Å²) in [6.07, 6.45) is 6.67. The van der Waals surface area contributed by atoms with Crippen molar-refractivity contribution in [2.75, 3.05) is 16.8 Å². The Kier molecular flexibility index (Phi) is 9.63. The number of carboxylic acids is 1. The molecule has 0 radical (unpaired) electrons. The Labute approximate surface area is 237 Å². The highest BCUT2D eigenvalue weighted by Gasteiger charge is 2.18. The fourth-order valence-electron chi connectivity index (χ4n) is 4.33. The van der Waals surface area contributed by atoms with Gasteiger partial charge >= 0.3 is 12.0 Å². The lowest BCUT2D eigenvalue weighted by Crippen LogP contribution is -2.34. The molecule has 0 saturated heterocycles. The first kappa shape index (κ1) is 28.2. The van der Waals surface area contributed by atoms with Gasteiger partial charge in [-0.3, -0.25) is 14.5 Å². The third-order valence-electron chi connectivity index (χ3n) is 6.44. The number of amides is 3. The number of nitrogens with one attached hydrogen (secondary N) is 2. The third-order valence-corrected chi connectivity index (χ3v) is 7.18. The fraction of sp³-hybridized carbons (Fsp3) is 0.233. The molecule has 3 amide bonds. The molecule has 0 atom stereocenters. The SMILES string of the molecule is O=C(O)CCNC(=O)c1ccc(CN(C(=O)Nc2ccc(Cl)c(Cl)c2)c2ccc(C3=CCCCC3)cc2)cc1. The van der Waals surface area contributed by atoms with E-state index in [1.807, 2.05) is 24.3 Å². The zero-order chi connectivity index (χ0) is 27.8. The lowest BCUT2D eigenvalue weighted by Gasteiger charge is -2.24. The van der Waals surface area contributed by atoms with E-state index in [9.17, 15) is 14.4 Å². The van der Waals surface area contributed by atoms with Crippen LogP contribution in [0.1, 0.15) is 53.6 Å². The van der Waals surface area contributed by atoms with Crippen molar-refractivity contribution in [2.24, 2.45) is 0 Å². The van der Waals surface area contributed by atoms with Crippen LogP contribution < -0.4 is 15.5 Å². The number of rotatable bonds is 9. The monoisotopic (exact) mass is 565 g/mol. The van der Waals surface area contributed by atoms with Crippen LogP contribution in [-0.2, 0) is 11.3 Å². The summed E-state index contributed by atoms with van der Waals surface area (Å²) in [5.41, 5.74) is 4.92. The Hall–Kier alpha value is -3.81. The zero-order valence-electron chi connectivity index (χ0n) is 21.3. The molecule has 0 bridgehead atoms. The van der Waals surface area contributed by atoms with Crippen molar-refractivity contribution in [3.8, 4) is 0 Å². The number of urea groups is 1. The van der Waals surface area contributed by atoms with E-state index < -0.39 is 5.97 Å². The van der Waals surface area contributed by atoms with Crippen LogP contribution in [0.15, 0.2) is 72.8 Å². The molecule has 9 heteroatoms. The second-order valence-corrected chi connectivity index (χ2v) is 10.1. The van der Waals surface area contributed by atoms with Crippen LogP contribution in [0.4, 0.5) is 16.2 Å². The summed E-state index contributed by atoms with van der Waals surface area (Å²) in [5.74, 6) is -1.34. The zero-order valence-corrected chi connectivity index (χ0v) is 22.8. The van der Waals surface area contributed by atoms with E-state index in [2.05, 4.69) is 16.7 Å². The number of halogens is 2. The van der Waals surface area contributed by atoms with E-state index in [1.165, 1.54) is 18.4 Å². The molecule has 3 aromatic carbocycles. The number of aliphatic carboxylic acids is 1. The molecule has 0 saturated carbocycles. The molecule has 1 aliphatic carbocycles. The molecule has 0 heterocycles. The van der Waals surface area contributed by atoms with Crippen molar-refractivity contribution in [3.63, 3.8) is 0 Å². The highest BCUT2D eigenvalue weighted by atomic mass is 35.5. The van der Waals surface area contributed by atoms with Crippen molar-refractivity contribution >= 4 is 58.1 Å². The number of carbonyl (C=O) groups excluding carboxylic acids is 2. The number of carboxylic acid groups (broad SMARTS) is 1. The molecule has 0 spiro atoms. The van der Waals surface area contributed by atoms with Gasteiger partial charge in [-0.05, 0) is 84.8 Å². The first-order chi connectivity index (χ1) is 18.8. The van der Waals surface area contributed by atoms with Gasteiger partial charge < -0.3 is 15.7 Å². The number of allylic oxidation sites excluding steroid dienone is 2. The topological polar surface area (TPSA) is 98.7 Å². The normalized spacial score (nSPS) is 12.8. The molecule has 7 nitrogen and oxygen atoms in total. The molecule has 0 fully saturated rings. The van der Waals surface area contributed by atoms with Crippen molar-refractivity contribution in [1.29, 1.82) is 0 Å². The van der Waals surface area contributed by atoms with Crippen LogP contribution >= 0.6 is 23.2 Å². The largest absolute Gasteiger partial charge is 0.481 e. The van der Waals surface area contributed by atoms with Gasteiger partial charge in [0.25, 0.3) is 5.91 Å². The number of hydrogen-bond donors (Lipinski definition) is 3. The third kappa shape index (κ3) is 7.85. The lowest BCUT2D eigenvalue weighted by atomic mass is 9.93. The second kappa shape index (κ2) is 13.3. The van der Waals surface area contributed by atoms with Gasteiger partial charge in [0, 0.05) is 23.5 Å². The number of benzene rings is 3. The Balaban J connectivity index is 1.54. The van der Waals surface area contributed by atoms with Crippen LogP contribution in [0.25, 0.3) is 5.57 Å². The summed E-state index contributed by atoms with van der Waals surface area (Å²) in [6.45, 7) is 0.293. The fourth-order valence-corrected chi connectivity index (χ4v) is 4.63. The standard InChI is InChI=1S/C30H29Cl2N3O4/c31-26-15-12-24(18-27(26)32)34-30(39)35(25-13-10-22(11-14-25)21-4-2-1-3-5-21)19-20-6-8-23(9-7-20)29(38)33-17-16-28(36)37/h4,6-15,18H,1-3,5,16-17,19H2,(H,33,38)(H,34,39)(H,36,37). The summed E-state index contributed by atoms with van der Waals surface area (Å²) < 4.78 is 0. The molecule has 3 N–H and O–H groups in total. The smallest absolute Gasteiger partial charge is 0.326 e. The van der Waals surface area contributed by atoms with E-state index in [1.54, 1.807) is 47.4 Å². The van der Waals surface area contributed by atoms with Gasteiger partial charge in [0.1, 0.15) is 0 Å². The number of hydrogen-bond acceptors (Lipinski definition) is 3. The highest BCUT2D eigenvalue weighted by molar-refractivity contribution is 6.42. The highest BCUT2D eigenvalue weighted by Crippen LogP contribution is 2.30. The first-order valence-corrected chi connectivity index (χ1v) is 13.5. The van der Waals surface area contributed by atoms with Gasteiger partial charge in [-0.25, -0.2) is 4.79 Å². The predicted octanol–water partition coefficient (Wildman–Crippen LogP) is 7.39. The van der Waals surface area contributed by atoms with Crippen LogP contribution in [0.2, 0.25) is 10.0 Å². The summed E-state index contributed by atoms with van der Waals surface area (Å²) >= 11 is 12.2. The van der Waals surface area contributed by atoms with Gasteiger partial charge in [0.2, 0.25) is 0 Å². The maximum absolute atomic E-state index is 13.5. The summed E-state index contributed by atoms with van der Waals surface area (Å²) in [4.78, 5) is 38.1. The molecular weight excluding hydrogens is 537 g/mol. The van der Waals surface area contributed by atoms with E-state index >= 15 is 0 Å². The van der Waals surface area contributed by atoms with Gasteiger partial charge in [-0.1, -0.05) is 53.5 Å². The van der Waals surface area contributed by atoms with E-state index in [-0.39, 0.29) is 31.4 Å². The van der Waals surface area contributed by atoms with Crippen LogP contribution in [0, 0.1) is 0 Å². The predicted molar refractivity (Wildman–Crippen MR) is 156 cm³/mol. The Bertz CT molecular complexity index is 1370. The summed E-state index contributed by atoms with van der Waals surface area (Å²) in [5, 5.41) is 15.0. The first-order valence-electron chi connectivity index (χ1n) is 12.7. The van der Waals surface area contributed by atoms with E-state index in [0.717, 1.165) is 24.0 Å². The van der Waals surface area contributed by atoms with Gasteiger partial charge in [0.05, 0.1) is 23.0 Å². The van der Waals surface area contributed by atoms with Crippen molar-refractivity contribution in [2.45, 2.75) is 38.6 Å². The van der Waals surface area contributed by atoms with Gasteiger partial charge in [-0.2, -0.15) is 0 Å². The van der Waals surface area contributed by atoms with Crippen LogP contribution in [0.5, 0.6) is 0 Å². The Morgan fingerprint density at radius 2 is 1.64 bits per heavy atom. The molecular formula is C30H29Cl2N3O4. The molecule has 202 valence electrons. The maximum Gasteiger partial charge on any atom is 0.326 e. The van der Waals surface area contributed by atoms with Crippen LogP contribution in [0.3, 0.4) is 0 Å². The molecule has 0 unspecified atom stereocenters. The lowest BCUT2D eigenvalue weighted by molar-refractivity contribution is -0.136. The Morgan fingerprint density at radius 3 is 2.28 bits per heavy atom. The molecule has 0 aromatic heterocycles. The number of anilines is 2. The van der Waals surface area contributed by atoms with Crippen molar-refractivity contribution in [1.82, 2.24) is 5.32 Å². The molecule has 39 heavy (non-hydrogen) atoms. The molecule has 3 aromatic rings. The number of carbonyl (C=O) groups is 3. The second-order valence-electron chi connectivity index (χ2n) is 9.26. The van der Waals surface area contributed by atoms with E-state index in [4.69, 9.17) is 28.3 Å². The molecule has 1 aliphatic rings. The minimum atomic E-state index is -0.978. The molecule has 0 aliphatic heterocycles. The van der Waals surface area contributed by atoms with Gasteiger partial charge in [-0.15, -0.1) is 0 Å². The van der Waals surface area contributed by atoms with Crippen molar-refractivity contribution in [3.05, 3.63) is 99.5 Å². The maximum atomic E-state index is 13.5. The molecule has 4 rings (SSSR count). The van der Waals surface area contributed by atoms with Gasteiger partial charge in [0.15, 0.2) is 0 Å². The van der Waals surface area contributed by atoms with Crippen LogP contribution in [-0.4, -0.2) is 29.6 Å². The quantitative estimate of drug-likeness (QED) is 0.252. The average Bonchev–Trinajstić information content (AvgIpc) is 2.94. The minimum absolute atomic E-state index is 0.0471. The average molecular weight is 566 g/mol. The number of nitrogens with zero attached hydrogens (tertiary/aromatic N) is 1. The Morgan fingerprint density at radius 1 is 0.897 bits per heavy atom.